The van der Waals surface area contributed by atoms with Gasteiger partial charge in [-0.25, -0.2) is 4.73 Å². The molecule has 1 rings (SSSR count). The van der Waals surface area contributed by atoms with Gasteiger partial charge in [-0.3, -0.25) is 0 Å². The Morgan fingerprint density at radius 2 is 1.78 bits per heavy atom. The second-order valence-corrected chi connectivity index (χ2v) is 1.47. The Morgan fingerprint density at radius 1 is 1.33 bits per heavy atom. The van der Waals surface area contributed by atoms with Gasteiger partial charge in [0.05, 0.1) is 5.36 Å². The summed E-state index contributed by atoms with van der Waals surface area (Å²) in [4.78, 5) is 0. The lowest BCUT2D eigenvalue weighted by Gasteiger charge is -1.90. The molecule has 1 heterocycles. The van der Waals surface area contributed by atoms with Gasteiger partial charge in [-0.2, -0.15) is 0 Å². The molecule has 50 valence electrons. The number of pyridine rings is 1. The second-order valence-electron chi connectivity index (χ2n) is 1.47. The van der Waals surface area contributed by atoms with E-state index in [0.717, 1.165) is 4.73 Å². The maximum atomic E-state index is 8.59. The summed E-state index contributed by atoms with van der Waals surface area (Å²) in [6.45, 7) is 0. The van der Waals surface area contributed by atoms with Crippen LogP contribution < -0.4 is 5.36 Å². The second kappa shape index (κ2) is 3.14. The van der Waals surface area contributed by atoms with E-state index >= 15 is 0 Å². The molecule has 0 spiro atoms. The fourth-order valence-corrected chi connectivity index (χ4v) is 0.419. The number of rotatable bonds is 0. The Morgan fingerprint density at radius 3 is 2.11 bits per heavy atom. The predicted octanol–water partition coefficient (Wildman–Crippen LogP) is 0.627. The van der Waals surface area contributed by atoms with Gasteiger partial charge in [-0.15, -0.1) is 12.4 Å². The van der Waals surface area contributed by atoms with Crippen LogP contribution in [0.15, 0.2) is 24.5 Å². The summed E-state index contributed by atoms with van der Waals surface area (Å²) < 4.78 is 0.901. The lowest BCUT2D eigenvalue weighted by Crippen LogP contribution is -1.99. The molecule has 0 bridgehead atoms. The van der Waals surface area contributed by atoms with Gasteiger partial charge in [0.25, 0.3) is 0 Å². The van der Waals surface area contributed by atoms with E-state index in [4.69, 9.17) is 10.6 Å². The molecular formula is C5H7ClN2O. The summed E-state index contributed by atoms with van der Waals surface area (Å²) in [6, 6.07) is 3.00. The van der Waals surface area contributed by atoms with Crippen LogP contribution in [-0.2, 0) is 0 Å². The van der Waals surface area contributed by atoms with Gasteiger partial charge in [0.2, 0.25) is 0 Å². The van der Waals surface area contributed by atoms with Crippen LogP contribution in [-0.4, -0.2) is 9.94 Å². The summed E-state index contributed by atoms with van der Waals surface area (Å²) in [5, 5.41) is 16.0. The summed E-state index contributed by atoms with van der Waals surface area (Å²) in [6.07, 6.45) is 2.81. The molecule has 0 aromatic carbocycles. The molecule has 0 aliphatic heterocycles. The molecule has 0 radical (unpaired) electrons. The molecule has 0 amide bonds. The minimum atomic E-state index is 0. The maximum absolute atomic E-state index is 8.59. The third kappa shape index (κ3) is 2.19. The first-order valence-corrected chi connectivity index (χ1v) is 2.21. The summed E-state index contributed by atoms with van der Waals surface area (Å²) >= 11 is 0. The van der Waals surface area contributed by atoms with Crippen LogP contribution in [0, 0.1) is 5.41 Å². The molecule has 0 unspecified atom stereocenters. The number of halogens is 1. The third-order valence-electron chi connectivity index (χ3n) is 0.814. The molecule has 0 atom stereocenters. The van der Waals surface area contributed by atoms with Crippen LogP contribution in [0.1, 0.15) is 0 Å². The van der Waals surface area contributed by atoms with Crippen molar-refractivity contribution in [1.29, 1.82) is 5.41 Å². The Bertz CT molecular complexity index is 212. The largest absolute Gasteiger partial charge is 0.429 e. The van der Waals surface area contributed by atoms with E-state index in [1.54, 1.807) is 0 Å². The lowest BCUT2D eigenvalue weighted by molar-refractivity contribution is 0.184. The number of hydrogen-bond acceptors (Lipinski definition) is 2. The Kier molecular flexibility index (Phi) is 2.81. The highest BCUT2D eigenvalue weighted by molar-refractivity contribution is 5.85. The number of nitrogens with one attached hydrogen (secondary N) is 1. The minimum Gasteiger partial charge on any atom is -0.429 e. The minimum absolute atomic E-state index is 0. The monoisotopic (exact) mass is 146 g/mol. The molecule has 0 saturated heterocycles. The van der Waals surface area contributed by atoms with Gasteiger partial charge in [0.1, 0.15) is 0 Å². The molecule has 3 nitrogen and oxygen atoms in total. The number of aromatic nitrogens is 1. The normalized spacial score (nSPS) is 8.00. The lowest BCUT2D eigenvalue weighted by atomic mass is 10.5. The Hall–Kier alpha value is -0.960. The van der Waals surface area contributed by atoms with E-state index in [2.05, 4.69) is 0 Å². The Balaban J connectivity index is 0.000000640. The van der Waals surface area contributed by atoms with Crippen LogP contribution in [0.4, 0.5) is 0 Å². The van der Waals surface area contributed by atoms with Crippen molar-refractivity contribution in [2.24, 2.45) is 0 Å². The van der Waals surface area contributed by atoms with Gasteiger partial charge in [-0.1, -0.05) is 0 Å². The quantitative estimate of drug-likeness (QED) is 0.518. The van der Waals surface area contributed by atoms with Crippen LogP contribution in [0.5, 0.6) is 0 Å². The Labute approximate surface area is 58.4 Å². The molecule has 1 aromatic heterocycles. The van der Waals surface area contributed by atoms with Gasteiger partial charge >= 0.3 is 0 Å². The third-order valence-corrected chi connectivity index (χ3v) is 0.814. The SMILES string of the molecule is Cl.N=c1ccn(O)cc1. The van der Waals surface area contributed by atoms with Crippen LogP contribution >= 0.6 is 12.4 Å². The van der Waals surface area contributed by atoms with Crippen LogP contribution in [0.25, 0.3) is 0 Å². The van der Waals surface area contributed by atoms with Crippen molar-refractivity contribution >= 4 is 12.4 Å². The highest BCUT2D eigenvalue weighted by atomic mass is 35.5. The van der Waals surface area contributed by atoms with Gasteiger partial charge < -0.3 is 10.6 Å². The van der Waals surface area contributed by atoms with Gasteiger partial charge in [0, 0.05) is 12.4 Å². The zero-order valence-electron chi connectivity index (χ0n) is 4.61. The van der Waals surface area contributed by atoms with E-state index < -0.39 is 0 Å². The van der Waals surface area contributed by atoms with Crippen molar-refractivity contribution in [3.8, 4) is 0 Å². The molecule has 2 N–H and O–H groups in total. The predicted molar refractivity (Wildman–Crippen MR) is 34.7 cm³/mol. The fourth-order valence-electron chi connectivity index (χ4n) is 0.419. The van der Waals surface area contributed by atoms with Gasteiger partial charge in [0.15, 0.2) is 0 Å². The summed E-state index contributed by atoms with van der Waals surface area (Å²) in [5.74, 6) is 0. The van der Waals surface area contributed by atoms with Crippen molar-refractivity contribution < 1.29 is 5.21 Å². The molecule has 9 heavy (non-hydrogen) atoms. The maximum Gasteiger partial charge on any atom is 0.0571 e. The van der Waals surface area contributed by atoms with E-state index in [1.165, 1.54) is 24.5 Å². The first-order valence-electron chi connectivity index (χ1n) is 2.21. The number of hydrogen-bond donors (Lipinski definition) is 2. The smallest absolute Gasteiger partial charge is 0.0571 e. The van der Waals surface area contributed by atoms with Crippen molar-refractivity contribution in [1.82, 2.24) is 4.73 Å². The zero-order chi connectivity index (χ0) is 5.98. The first-order chi connectivity index (χ1) is 3.79. The van der Waals surface area contributed by atoms with E-state index in [1.807, 2.05) is 0 Å². The molecular weight excluding hydrogens is 140 g/mol. The summed E-state index contributed by atoms with van der Waals surface area (Å²) in [5.41, 5.74) is 0. The van der Waals surface area contributed by atoms with E-state index in [0.29, 0.717) is 5.36 Å². The average Bonchev–Trinajstić information content (AvgIpc) is 1.77. The molecule has 0 saturated carbocycles. The van der Waals surface area contributed by atoms with Crippen molar-refractivity contribution in [3.05, 3.63) is 29.9 Å². The first kappa shape index (κ1) is 8.04. The summed E-state index contributed by atoms with van der Waals surface area (Å²) in [7, 11) is 0. The van der Waals surface area contributed by atoms with Crippen molar-refractivity contribution in [3.63, 3.8) is 0 Å². The van der Waals surface area contributed by atoms with Gasteiger partial charge in [-0.05, 0) is 12.1 Å². The van der Waals surface area contributed by atoms with Crippen LogP contribution in [0.2, 0.25) is 0 Å². The molecule has 4 heteroatoms. The average molecular weight is 147 g/mol. The zero-order valence-corrected chi connectivity index (χ0v) is 5.43. The topological polar surface area (TPSA) is 49.0 Å². The van der Waals surface area contributed by atoms with E-state index in [9.17, 15) is 0 Å². The molecule has 0 aliphatic carbocycles. The van der Waals surface area contributed by atoms with Crippen LogP contribution in [0.3, 0.4) is 0 Å². The standard InChI is InChI=1S/C5H6N2O.ClH/c6-5-1-3-7(8)4-2-5;/h1-4,6,8H;1H. The molecule has 1 aromatic rings. The van der Waals surface area contributed by atoms with Crippen molar-refractivity contribution in [2.45, 2.75) is 0 Å². The molecule has 0 aliphatic rings. The highest BCUT2D eigenvalue weighted by Crippen LogP contribution is 1.72. The molecule has 0 fully saturated rings. The highest BCUT2D eigenvalue weighted by Gasteiger charge is 1.75. The number of nitrogens with zero attached hydrogens (tertiary/aromatic N) is 1. The fraction of sp³-hybridized carbons (Fsp3) is 0. The van der Waals surface area contributed by atoms with E-state index in [-0.39, 0.29) is 12.4 Å². The van der Waals surface area contributed by atoms with Crippen molar-refractivity contribution in [2.75, 3.05) is 0 Å².